The number of rotatable bonds is 5. The fourth-order valence-electron chi connectivity index (χ4n) is 3.77. The minimum absolute atomic E-state index is 0.0146. The highest BCUT2D eigenvalue weighted by Crippen LogP contribution is 2.43. The van der Waals surface area contributed by atoms with Gasteiger partial charge in [0.25, 0.3) is 0 Å². The number of fused-ring (bicyclic) bond motifs is 1. The lowest BCUT2D eigenvalue weighted by Gasteiger charge is -2.48. The van der Waals surface area contributed by atoms with Crippen LogP contribution in [0.3, 0.4) is 0 Å². The third kappa shape index (κ3) is 3.17. The number of nitrogens with zero attached hydrogens (tertiary/aromatic N) is 1. The normalized spacial score (nSPS) is 22.5. The summed E-state index contributed by atoms with van der Waals surface area (Å²) in [6, 6.07) is 16.6. The van der Waals surface area contributed by atoms with Crippen molar-refractivity contribution in [3.63, 3.8) is 0 Å². The van der Waals surface area contributed by atoms with Crippen molar-refractivity contribution in [3.8, 4) is 0 Å². The molecular weight excluding hydrogens is 330 g/mol. The fraction of sp³-hybridized carbons (Fsp3) is 0.300. The topological polar surface area (TPSA) is 68.0 Å². The summed E-state index contributed by atoms with van der Waals surface area (Å²) in [6.45, 7) is 0.616. The van der Waals surface area contributed by atoms with Crippen LogP contribution in [0.1, 0.15) is 24.0 Å². The summed E-state index contributed by atoms with van der Waals surface area (Å²) < 4.78 is 1.13. The van der Waals surface area contributed by atoms with Crippen LogP contribution in [0.15, 0.2) is 54.0 Å². The van der Waals surface area contributed by atoms with Gasteiger partial charge in [0.1, 0.15) is 0 Å². The molecular formula is C20H21N3OS. The van der Waals surface area contributed by atoms with Crippen LogP contribution >= 0.6 is 11.3 Å². The molecule has 0 atom stereocenters. The van der Waals surface area contributed by atoms with Crippen LogP contribution in [0.4, 0.5) is 0 Å². The van der Waals surface area contributed by atoms with Gasteiger partial charge in [0, 0.05) is 18.0 Å². The molecule has 0 unspecified atom stereocenters. The van der Waals surface area contributed by atoms with Crippen LogP contribution in [-0.2, 0) is 16.6 Å². The number of carbonyl (C=O) groups is 1. The Kier molecular flexibility index (Phi) is 4.27. The molecule has 1 aliphatic carbocycles. The van der Waals surface area contributed by atoms with Crippen molar-refractivity contribution in [1.29, 1.82) is 0 Å². The van der Waals surface area contributed by atoms with Gasteiger partial charge in [-0.05, 0) is 36.1 Å². The molecule has 0 aliphatic heterocycles. The van der Waals surface area contributed by atoms with Gasteiger partial charge in [0.05, 0.1) is 22.1 Å². The highest BCUT2D eigenvalue weighted by Gasteiger charge is 2.44. The lowest BCUT2D eigenvalue weighted by molar-refractivity contribution is -0.122. The van der Waals surface area contributed by atoms with E-state index in [1.54, 1.807) is 11.3 Å². The second-order valence-electron chi connectivity index (χ2n) is 6.85. The van der Waals surface area contributed by atoms with E-state index in [0.717, 1.165) is 28.6 Å². The lowest BCUT2D eigenvalue weighted by atomic mass is 9.61. The highest BCUT2D eigenvalue weighted by atomic mass is 32.1. The minimum atomic E-state index is 0.0146. The average Bonchev–Trinajstić information content (AvgIpc) is 3.06. The van der Waals surface area contributed by atoms with E-state index in [9.17, 15) is 4.79 Å². The molecule has 1 aromatic heterocycles. The molecule has 25 heavy (non-hydrogen) atoms. The van der Waals surface area contributed by atoms with Crippen molar-refractivity contribution < 1.29 is 4.79 Å². The van der Waals surface area contributed by atoms with E-state index in [4.69, 9.17) is 5.73 Å². The van der Waals surface area contributed by atoms with E-state index in [0.29, 0.717) is 13.0 Å². The largest absolute Gasteiger partial charge is 0.353 e. The maximum absolute atomic E-state index is 12.4. The van der Waals surface area contributed by atoms with Gasteiger partial charge in [-0.15, -0.1) is 11.3 Å². The van der Waals surface area contributed by atoms with Gasteiger partial charge >= 0.3 is 0 Å². The first-order valence-electron chi connectivity index (χ1n) is 8.56. The molecule has 0 spiro atoms. The maximum Gasteiger partial charge on any atom is 0.224 e. The monoisotopic (exact) mass is 351 g/mol. The number of amides is 1. The SMILES string of the molecule is NCC1(c2ccccc2)CC(NC(=O)Cc2ccc3ncsc3c2)C1. The van der Waals surface area contributed by atoms with Gasteiger partial charge in [-0.1, -0.05) is 36.4 Å². The zero-order valence-electron chi connectivity index (χ0n) is 13.9. The molecule has 1 fully saturated rings. The smallest absolute Gasteiger partial charge is 0.224 e. The predicted molar refractivity (Wildman–Crippen MR) is 102 cm³/mol. The molecule has 0 bridgehead atoms. The maximum atomic E-state index is 12.4. The van der Waals surface area contributed by atoms with Gasteiger partial charge in [-0.25, -0.2) is 4.98 Å². The Morgan fingerprint density at radius 3 is 2.80 bits per heavy atom. The van der Waals surface area contributed by atoms with E-state index in [1.807, 2.05) is 35.8 Å². The number of nitrogens with two attached hydrogens (primary N) is 1. The van der Waals surface area contributed by atoms with E-state index < -0.39 is 0 Å². The number of hydrogen-bond acceptors (Lipinski definition) is 4. The zero-order valence-corrected chi connectivity index (χ0v) is 14.8. The standard InChI is InChI=1S/C20H21N3OS/c21-12-20(15-4-2-1-3-5-15)10-16(11-20)23-19(24)9-14-6-7-17-18(8-14)25-13-22-17/h1-8,13,16H,9-12,21H2,(H,23,24). The van der Waals surface area contributed by atoms with Crippen LogP contribution in [0.2, 0.25) is 0 Å². The van der Waals surface area contributed by atoms with Crippen molar-refractivity contribution >= 4 is 27.5 Å². The fourth-order valence-corrected chi connectivity index (χ4v) is 4.51. The summed E-state index contributed by atoms with van der Waals surface area (Å²) in [7, 11) is 0. The quantitative estimate of drug-likeness (QED) is 0.742. The van der Waals surface area contributed by atoms with E-state index in [1.165, 1.54) is 5.56 Å². The Morgan fingerprint density at radius 2 is 2.04 bits per heavy atom. The molecule has 1 saturated carbocycles. The van der Waals surface area contributed by atoms with E-state index in [-0.39, 0.29) is 17.4 Å². The molecule has 128 valence electrons. The molecule has 1 amide bonds. The summed E-state index contributed by atoms with van der Waals surface area (Å²) in [5.74, 6) is 0.0764. The molecule has 3 N–H and O–H groups in total. The summed E-state index contributed by atoms with van der Waals surface area (Å²) in [5.41, 5.74) is 11.2. The molecule has 3 aromatic rings. The first-order chi connectivity index (χ1) is 12.2. The second-order valence-corrected chi connectivity index (χ2v) is 7.74. The average molecular weight is 351 g/mol. The summed E-state index contributed by atoms with van der Waals surface area (Å²) >= 11 is 1.60. The van der Waals surface area contributed by atoms with Gasteiger partial charge in [-0.3, -0.25) is 4.79 Å². The number of hydrogen-bond donors (Lipinski definition) is 2. The number of aromatic nitrogens is 1. The number of benzene rings is 2. The highest BCUT2D eigenvalue weighted by molar-refractivity contribution is 7.16. The van der Waals surface area contributed by atoms with Crippen molar-refractivity contribution in [2.45, 2.75) is 30.7 Å². The summed E-state index contributed by atoms with van der Waals surface area (Å²) in [6.07, 6.45) is 2.23. The summed E-state index contributed by atoms with van der Waals surface area (Å²) in [4.78, 5) is 16.6. The van der Waals surface area contributed by atoms with Crippen LogP contribution < -0.4 is 11.1 Å². The van der Waals surface area contributed by atoms with E-state index in [2.05, 4.69) is 28.5 Å². The third-order valence-corrected chi connectivity index (χ3v) is 5.97. The van der Waals surface area contributed by atoms with Gasteiger partial charge in [0.2, 0.25) is 5.91 Å². The van der Waals surface area contributed by atoms with Crippen LogP contribution in [0, 0.1) is 0 Å². The van der Waals surface area contributed by atoms with Crippen molar-refractivity contribution in [3.05, 3.63) is 65.2 Å². The van der Waals surface area contributed by atoms with Crippen molar-refractivity contribution in [2.75, 3.05) is 6.54 Å². The Bertz CT molecular complexity index is 884. The zero-order chi connectivity index (χ0) is 17.3. The van der Waals surface area contributed by atoms with Crippen LogP contribution in [-0.4, -0.2) is 23.5 Å². The Labute approximate surface area is 151 Å². The van der Waals surface area contributed by atoms with Gasteiger partial charge in [0.15, 0.2) is 0 Å². The number of carbonyl (C=O) groups excluding carboxylic acids is 1. The van der Waals surface area contributed by atoms with Crippen molar-refractivity contribution in [2.24, 2.45) is 5.73 Å². The van der Waals surface area contributed by atoms with Crippen molar-refractivity contribution in [1.82, 2.24) is 10.3 Å². The molecule has 1 aliphatic rings. The number of thiazole rings is 1. The van der Waals surface area contributed by atoms with E-state index >= 15 is 0 Å². The molecule has 0 saturated heterocycles. The van der Waals surface area contributed by atoms with Gasteiger partial charge < -0.3 is 11.1 Å². The Balaban J connectivity index is 1.36. The molecule has 0 radical (unpaired) electrons. The second kappa shape index (κ2) is 6.58. The van der Waals surface area contributed by atoms with Gasteiger partial charge in [-0.2, -0.15) is 0 Å². The number of nitrogens with one attached hydrogen (secondary N) is 1. The van der Waals surface area contributed by atoms with Crippen LogP contribution in [0.5, 0.6) is 0 Å². The first kappa shape index (κ1) is 16.2. The molecule has 1 heterocycles. The molecule has 4 nitrogen and oxygen atoms in total. The minimum Gasteiger partial charge on any atom is -0.353 e. The lowest BCUT2D eigenvalue weighted by Crippen LogP contribution is -2.56. The molecule has 4 rings (SSSR count). The third-order valence-electron chi connectivity index (χ3n) is 5.18. The molecule has 2 aromatic carbocycles. The summed E-state index contributed by atoms with van der Waals surface area (Å²) in [5, 5.41) is 3.16. The first-order valence-corrected chi connectivity index (χ1v) is 9.44. The van der Waals surface area contributed by atoms with Crippen LogP contribution in [0.25, 0.3) is 10.2 Å². The Morgan fingerprint density at radius 1 is 1.24 bits per heavy atom. The predicted octanol–water partition coefficient (Wildman–Crippen LogP) is 3.01. The Hall–Kier alpha value is -2.24. The molecule has 5 heteroatoms.